The van der Waals surface area contributed by atoms with Gasteiger partial charge in [0.1, 0.15) is 5.60 Å². The van der Waals surface area contributed by atoms with Gasteiger partial charge in [-0.05, 0) is 33.6 Å². The maximum absolute atomic E-state index is 11.8. The molecule has 1 amide bonds. The van der Waals surface area contributed by atoms with Crippen molar-refractivity contribution in [1.82, 2.24) is 5.32 Å². The molecule has 0 bridgehead atoms. The highest BCUT2D eigenvalue weighted by molar-refractivity contribution is 5.77. The van der Waals surface area contributed by atoms with Gasteiger partial charge in [0.2, 0.25) is 0 Å². The number of esters is 1. The van der Waals surface area contributed by atoms with E-state index in [1.165, 1.54) is 7.11 Å². The lowest BCUT2D eigenvalue weighted by Crippen LogP contribution is -2.40. The van der Waals surface area contributed by atoms with Crippen LogP contribution in [0.2, 0.25) is 0 Å². The van der Waals surface area contributed by atoms with Gasteiger partial charge in [-0.25, -0.2) is 4.79 Å². The smallest absolute Gasteiger partial charge is 0.407 e. The van der Waals surface area contributed by atoms with Gasteiger partial charge < -0.3 is 19.9 Å². The number of carbonyl (C=O) groups is 2. The molecule has 0 fully saturated rings. The number of amides is 1. The van der Waals surface area contributed by atoms with Crippen LogP contribution in [0.1, 0.15) is 47.0 Å². The minimum Gasteiger partial charge on any atom is -0.469 e. The van der Waals surface area contributed by atoms with E-state index in [1.807, 2.05) is 6.92 Å². The third-order valence-corrected chi connectivity index (χ3v) is 2.92. The highest BCUT2D eigenvalue weighted by Gasteiger charge is 2.38. The van der Waals surface area contributed by atoms with Gasteiger partial charge in [-0.3, -0.25) is 4.79 Å². The first-order valence-corrected chi connectivity index (χ1v) is 6.87. The van der Waals surface area contributed by atoms with Crippen molar-refractivity contribution in [2.45, 2.75) is 52.6 Å². The van der Waals surface area contributed by atoms with Crippen LogP contribution >= 0.6 is 0 Å². The van der Waals surface area contributed by atoms with Crippen molar-refractivity contribution in [2.24, 2.45) is 5.41 Å². The van der Waals surface area contributed by atoms with Gasteiger partial charge in [-0.15, -0.1) is 0 Å². The second-order valence-electron chi connectivity index (χ2n) is 5.86. The molecule has 0 radical (unpaired) electrons. The molecule has 0 aliphatic carbocycles. The van der Waals surface area contributed by atoms with Crippen LogP contribution in [-0.4, -0.2) is 43.0 Å². The summed E-state index contributed by atoms with van der Waals surface area (Å²) in [5, 5.41) is 12.1. The predicted molar refractivity (Wildman–Crippen MR) is 75.3 cm³/mol. The number of hydrogen-bond donors (Lipinski definition) is 2. The van der Waals surface area contributed by atoms with E-state index in [4.69, 9.17) is 9.47 Å². The van der Waals surface area contributed by atoms with Gasteiger partial charge in [0.15, 0.2) is 0 Å². The van der Waals surface area contributed by atoms with E-state index in [-0.39, 0.29) is 13.2 Å². The molecule has 0 rings (SSSR count). The van der Waals surface area contributed by atoms with Gasteiger partial charge in [-0.1, -0.05) is 13.3 Å². The minimum atomic E-state index is -0.960. The van der Waals surface area contributed by atoms with E-state index in [9.17, 15) is 14.7 Å². The summed E-state index contributed by atoms with van der Waals surface area (Å²) in [4.78, 5) is 23.4. The molecule has 0 saturated heterocycles. The van der Waals surface area contributed by atoms with Crippen LogP contribution in [0.25, 0.3) is 0 Å². The number of aliphatic hydroxyl groups excluding tert-OH is 1. The summed E-state index contributed by atoms with van der Waals surface area (Å²) in [6, 6.07) is 0. The Hall–Kier alpha value is -1.30. The molecule has 2 N–H and O–H groups in total. The standard InChI is InChI=1S/C14H27NO5/c1-6-7-14(10-16,11(17)19-5)8-9-15-12(18)20-13(2,3)4/h16H,6-10H2,1-5H3,(H,15,18). The molecular formula is C14H27NO5. The molecule has 0 aliphatic rings. The number of methoxy groups -OCH3 is 1. The molecule has 0 aromatic rings. The van der Waals surface area contributed by atoms with E-state index in [2.05, 4.69) is 5.32 Å². The molecule has 1 atom stereocenters. The molecule has 0 saturated carbocycles. The van der Waals surface area contributed by atoms with E-state index in [0.717, 1.165) is 6.42 Å². The normalized spacial score (nSPS) is 14.3. The lowest BCUT2D eigenvalue weighted by Gasteiger charge is -2.28. The molecule has 1 unspecified atom stereocenters. The van der Waals surface area contributed by atoms with Crippen LogP contribution in [0, 0.1) is 5.41 Å². The highest BCUT2D eigenvalue weighted by atomic mass is 16.6. The SMILES string of the molecule is CCCC(CO)(CCNC(=O)OC(C)(C)C)C(=O)OC. The average molecular weight is 289 g/mol. The molecular weight excluding hydrogens is 262 g/mol. The van der Waals surface area contributed by atoms with Crippen LogP contribution in [-0.2, 0) is 14.3 Å². The Balaban J connectivity index is 4.48. The first kappa shape index (κ1) is 18.7. The van der Waals surface area contributed by atoms with Crippen LogP contribution in [0.3, 0.4) is 0 Å². The summed E-state index contributed by atoms with van der Waals surface area (Å²) >= 11 is 0. The van der Waals surface area contributed by atoms with Crippen LogP contribution in [0.5, 0.6) is 0 Å². The number of ether oxygens (including phenoxy) is 2. The first-order valence-electron chi connectivity index (χ1n) is 6.87. The Bertz CT molecular complexity index is 324. The summed E-state index contributed by atoms with van der Waals surface area (Å²) in [6.45, 7) is 7.19. The van der Waals surface area contributed by atoms with Crippen molar-refractivity contribution in [2.75, 3.05) is 20.3 Å². The molecule has 6 nitrogen and oxygen atoms in total. The lowest BCUT2D eigenvalue weighted by atomic mass is 9.81. The third-order valence-electron chi connectivity index (χ3n) is 2.92. The van der Waals surface area contributed by atoms with Crippen molar-refractivity contribution in [1.29, 1.82) is 0 Å². The predicted octanol–water partition coefficient (Wildman–Crippen LogP) is 1.85. The second kappa shape index (κ2) is 8.09. The van der Waals surface area contributed by atoms with Gasteiger partial charge in [0.25, 0.3) is 0 Å². The molecule has 0 aromatic heterocycles. The number of hydrogen-bond acceptors (Lipinski definition) is 5. The third kappa shape index (κ3) is 6.23. The molecule has 20 heavy (non-hydrogen) atoms. The van der Waals surface area contributed by atoms with Gasteiger partial charge in [0, 0.05) is 6.54 Å². The van der Waals surface area contributed by atoms with E-state index >= 15 is 0 Å². The van der Waals surface area contributed by atoms with Crippen LogP contribution in [0.4, 0.5) is 4.79 Å². The Morgan fingerprint density at radius 1 is 1.20 bits per heavy atom. The molecule has 118 valence electrons. The maximum Gasteiger partial charge on any atom is 0.407 e. The molecule has 6 heteroatoms. The number of carbonyl (C=O) groups excluding carboxylic acids is 2. The quantitative estimate of drug-likeness (QED) is 0.699. The zero-order chi connectivity index (χ0) is 15.8. The summed E-state index contributed by atoms with van der Waals surface area (Å²) < 4.78 is 9.86. The maximum atomic E-state index is 11.8. The fraction of sp³-hybridized carbons (Fsp3) is 0.857. The lowest BCUT2D eigenvalue weighted by molar-refractivity contribution is -0.156. The Kier molecular flexibility index (Phi) is 7.57. The monoisotopic (exact) mass is 289 g/mol. The Morgan fingerprint density at radius 2 is 1.80 bits per heavy atom. The van der Waals surface area contributed by atoms with Crippen molar-refractivity contribution < 1.29 is 24.2 Å². The summed E-state index contributed by atoms with van der Waals surface area (Å²) in [6.07, 6.45) is 1.02. The van der Waals surface area contributed by atoms with Gasteiger partial charge >= 0.3 is 12.1 Å². The van der Waals surface area contributed by atoms with Gasteiger partial charge in [-0.2, -0.15) is 0 Å². The zero-order valence-corrected chi connectivity index (χ0v) is 13.1. The van der Waals surface area contributed by atoms with Crippen molar-refractivity contribution >= 4 is 12.1 Å². The fourth-order valence-corrected chi connectivity index (χ4v) is 1.96. The van der Waals surface area contributed by atoms with Crippen LogP contribution < -0.4 is 5.32 Å². The van der Waals surface area contributed by atoms with Crippen molar-refractivity contribution in [3.8, 4) is 0 Å². The average Bonchev–Trinajstić information content (AvgIpc) is 2.34. The Morgan fingerprint density at radius 3 is 2.20 bits per heavy atom. The molecule has 0 spiro atoms. The van der Waals surface area contributed by atoms with Crippen molar-refractivity contribution in [3.63, 3.8) is 0 Å². The first-order chi connectivity index (χ1) is 9.20. The number of nitrogens with one attached hydrogen (secondary N) is 1. The summed E-state index contributed by atoms with van der Waals surface area (Å²) in [5.74, 6) is -0.451. The second-order valence-corrected chi connectivity index (χ2v) is 5.86. The Labute approximate surface area is 120 Å². The van der Waals surface area contributed by atoms with Crippen molar-refractivity contribution in [3.05, 3.63) is 0 Å². The van der Waals surface area contributed by atoms with Crippen LogP contribution in [0.15, 0.2) is 0 Å². The minimum absolute atomic E-state index is 0.241. The fourth-order valence-electron chi connectivity index (χ4n) is 1.96. The van der Waals surface area contributed by atoms with E-state index in [0.29, 0.717) is 12.8 Å². The van der Waals surface area contributed by atoms with E-state index < -0.39 is 23.1 Å². The number of alkyl carbamates (subject to hydrolysis) is 1. The number of aliphatic hydroxyl groups is 1. The zero-order valence-electron chi connectivity index (χ0n) is 13.1. The van der Waals surface area contributed by atoms with E-state index in [1.54, 1.807) is 20.8 Å². The summed E-state index contributed by atoms with van der Waals surface area (Å²) in [7, 11) is 1.30. The molecule has 0 aliphatic heterocycles. The summed E-state index contributed by atoms with van der Waals surface area (Å²) in [5.41, 5.74) is -1.53. The molecule has 0 aromatic carbocycles. The largest absolute Gasteiger partial charge is 0.469 e. The number of rotatable bonds is 7. The topological polar surface area (TPSA) is 84.9 Å². The molecule has 0 heterocycles. The van der Waals surface area contributed by atoms with Gasteiger partial charge in [0.05, 0.1) is 19.1 Å². The highest BCUT2D eigenvalue weighted by Crippen LogP contribution is 2.29.